The van der Waals surface area contributed by atoms with Crippen LogP contribution in [0.1, 0.15) is 45.0 Å². The monoisotopic (exact) mass is 250 g/mol. The lowest BCUT2D eigenvalue weighted by atomic mass is 10.1. The molecule has 0 aliphatic carbocycles. The number of esters is 1. The molecule has 0 aliphatic rings. The third-order valence-corrected chi connectivity index (χ3v) is 2.13. The van der Waals surface area contributed by atoms with Crippen molar-refractivity contribution < 1.29 is 9.53 Å². The SMILES string of the molecule is CC(C)Nc1cc(C(=O)OC(C)(C)C)ccc1N. The number of rotatable bonds is 3. The first kappa shape index (κ1) is 14.4. The fourth-order valence-corrected chi connectivity index (χ4v) is 1.46. The Morgan fingerprint density at radius 1 is 1.33 bits per heavy atom. The molecule has 4 heteroatoms. The van der Waals surface area contributed by atoms with Crippen LogP contribution in [-0.4, -0.2) is 17.6 Å². The standard InChI is InChI=1S/C14H22N2O2/c1-9(2)16-12-8-10(6-7-11(12)15)13(17)18-14(3,4)5/h6-9,16H,15H2,1-5H3. The highest BCUT2D eigenvalue weighted by Crippen LogP contribution is 2.22. The zero-order valence-corrected chi connectivity index (χ0v) is 11.7. The number of nitrogen functional groups attached to an aromatic ring is 1. The number of carbonyl (C=O) groups is 1. The minimum absolute atomic E-state index is 0.251. The maximum Gasteiger partial charge on any atom is 0.338 e. The van der Waals surface area contributed by atoms with Gasteiger partial charge in [-0.2, -0.15) is 0 Å². The van der Waals surface area contributed by atoms with Crippen LogP contribution in [0.3, 0.4) is 0 Å². The van der Waals surface area contributed by atoms with E-state index in [1.54, 1.807) is 18.2 Å². The van der Waals surface area contributed by atoms with Crippen molar-refractivity contribution in [3.8, 4) is 0 Å². The summed E-state index contributed by atoms with van der Waals surface area (Å²) in [7, 11) is 0. The average molecular weight is 250 g/mol. The van der Waals surface area contributed by atoms with Crippen LogP contribution < -0.4 is 11.1 Å². The first-order chi connectivity index (χ1) is 8.19. The zero-order valence-electron chi connectivity index (χ0n) is 11.7. The van der Waals surface area contributed by atoms with E-state index in [0.717, 1.165) is 5.69 Å². The summed E-state index contributed by atoms with van der Waals surface area (Å²) in [6.07, 6.45) is 0. The smallest absolute Gasteiger partial charge is 0.338 e. The molecule has 3 N–H and O–H groups in total. The van der Waals surface area contributed by atoms with Crippen LogP contribution in [0.15, 0.2) is 18.2 Å². The van der Waals surface area contributed by atoms with E-state index in [1.807, 2.05) is 34.6 Å². The number of nitrogens with two attached hydrogens (primary N) is 1. The number of nitrogens with one attached hydrogen (secondary N) is 1. The lowest BCUT2D eigenvalue weighted by Gasteiger charge is -2.20. The Labute approximate surface area is 109 Å². The van der Waals surface area contributed by atoms with Crippen molar-refractivity contribution in [3.63, 3.8) is 0 Å². The molecule has 0 radical (unpaired) electrons. The molecular formula is C14H22N2O2. The largest absolute Gasteiger partial charge is 0.456 e. The molecule has 0 atom stereocenters. The van der Waals surface area contributed by atoms with Crippen LogP contribution in [0, 0.1) is 0 Å². The number of ether oxygens (including phenoxy) is 1. The fraction of sp³-hybridized carbons (Fsp3) is 0.500. The van der Waals surface area contributed by atoms with E-state index in [0.29, 0.717) is 11.3 Å². The summed E-state index contributed by atoms with van der Waals surface area (Å²) in [5, 5.41) is 3.20. The Morgan fingerprint density at radius 2 is 1.94 bits per heavy atom. The number of hydrogen-bond acceptors (Lipinski definition) is 4. The molecule has 0 spiro atoms. The van der Waals surface area contributed by atoms with Gasteiger partial charge in [-0.1, -0.05) is 0 Å². The highest BCUT2D eigenvalue weighted by molar-refractivity contribution is 5.92. The zero-order chi connectivity index (χ0) is 13.9. The Balaban J connectivity index is 2.94. The van der Waals surface area contributed by atoms with Gasteiger partial charge in [0, 0.05) is 6.04 Å². The molecule has 1 rings (SSSR count). The first-order valence-electron chi connectivity index (χ1n) is 6.08. The van der Waals surface area contributed by atoms with E-state index >= 15 is 0 Å². The third kappa shape index (κ3) is 4.28. The van der Waals surface area contributed by atoms with Crippen molar-refractivity contribution in [2.75, 3.05) is 11.1 Å². The molecule has 0 bridgehead atoms. The molecule has 100 valence electrons. The molecule has 0 amide bonds. The lowest BCUT2D eigenvalue weighted by Crippen LogP contribution is -2.24. The predicted molar refractivity (Wildman–Crippen MR) is 74.8 cm³/mol. The van der Waals surface area contributed by atoms with Gasteiger partial charge in [0.05, 0.1) is 16.9 Å². The maximum atomic E-state index is 11.9. The number of benzene rings is 1. The van der Waals surface area contributed by atoms with Gasteiger partial charge in [0.1, 0.15) is 5.60 Å². The maximum absolute atomic E-state index is 11.9. The summed E-state index contributed by atoms with van der Waals surface area (Å²) < 4.78 is 5.32. The molecule has 4 nitrogen and oxygen atoms in total. The number of anilines is 2. The molecule has 0 fully saturated rings. The minimum atomic E-state index is -0.496. The molecule has 0 aromatic heterocycles. The Kier molecular flexibility index (Phi) is 4.22. The van der Waals surface area contributed by atoms with Gasteiger partial charge in [0.25, 0.3) is 0 Å². The van der Waals surface area contributed by atoms with E-state index in [-0.39, 0.29) is 12.0 Å². The molecule has 0 saturated carbocycles. The number of carbonyl (C=O) groups excluding carboxylic acids is 1. The first-order valence-corrected chi connectivity index (χ1v) is 6.08. The van der Waals surface area contributed by atoms with Gasteiger partial charge >= 0.3 is 5.97 Å². The minimum Gasteiger partial charge on any atom is -0.456 e. The summed E-state index contributed by atoms with van der Waals surface area (Å²) in [4.78, 5) is 11.9. The van der Waals surface area contributed by atoms with Gasteiger partial charge in [-0.15, -0.1) is 0 Å². The van der Waals surface area contributed by atoms with Crippen molar-refractivity contribution in [3.05, 3.63) is 23.8 Å². The number of hydrogen-bond donors (Lipinski definition) is 2. The van der Waals surface area contributed by atoms with Gasteiger partial charge in [-0.3, -0.25) is 0 Å². The normalized spacial score (nSPS) is 11.4. The predicted octanol–water partition coefficient (Wildman–Crippen LogP) is 3.04. The second kappa shape index (κ2) is 5.29. The van der Waals surface area contributed by atoms with Gasteiger partial charge < -0.3 is 15.8 Å². The molecule has 0 unspecified atom stereocenters. The fourth-order valence-electron chi connectivity index (χ4n) is 1.46. The second-order valence-electron chi connectivity index (χ2n) is 5.60. The topological polar surface area (TPSA) is 64.3 Å². The van der Waals surface area contributed by atoms with Crippen molar-refractivity contribution in [1.29, 1.82) is 0 Å². The van der Waals surface area contributed by atoms with Crippen LogP contribution in [0.2, 0.25) is 0 Å². The Hall–Kier alpha value is -1.71. The molecule has 0 aliphatic heterocycles. The van der Waals surface area contributed by atoms with Crippen molar-refractivity contribution >= 4 is 17.3 Å². The van der Waals surface area contributed by atoms with E-state index in [2.05, 4.69) is 5.32 Å². The van der Waals surface area contributed by atoms with Crippen molar-refractivity contribution in [1.82, 2.24) is 0 Å². The summed E-state index contributed by atoms with van der Waals surface area (Å²) in [6.45, 7) is 9.56. The molecule has 0 heterocycles. The van der Waals surface area contributed by atoms with Crippen LogP contribution in [0.5, 0.6) is 0 Å². The van der Waals surface area contributed by atoms with Crippen molar-refractivity contribution in [2.24, 2.45) is 0 Å². The average Bonchev–Trinajstić information content (AvgIpc) is 2.17. The summed E-state index contributed by atoms with van der Waals surface area (Å²) in [5.74, 6) is -0.339. The lowest BCUT2D eigenvalue weighted by molar-refractivity contribution is 0.00696. The van der Waals surface area contributed by atoms with Gasteiger partial charge in [0.2, 0.25) is 0 Å². The Bertz CT molecular complexity index is 434. The quantitative estimate of drug-likeness (QED) is 0.639. The summed E-state index contributed by atoms with van der Waals surface area (Å²) >= 11 is 0. The van der Waals surface area contributed by atoms with Crippen LogP contribution in [0.4, 0.5) is 11.4 Å². The van der Waals surface area contributed by atoms with Gasteiger partial charge in [-0.05, 0) is 52.8 Å². The van der Waals surface area contributed by atoms with E-state index in [9.17, 15) is 4.79 Å². The summed E-state index contributed by atoms with van der Waals surface area (Å²) in [6, 6.07) is 5.36. The van der Waals surface area contributed by atoms with Gasteiger partial charge in [0.15, 0.2) is 0 Å². The van der Waals surface area contributed by atoms with E-state index in [4.69, 9.17) is 10.5 Å². The van der Waals surface area contributed by atoms with Crippen molar-refractivity contribution in [2.45, 2.75) is 46.3 Å². The molecule has 1 aromatic rings. The van der Waals surface area contributed by atoms with Crippen LogP contribution >= 0.6 is 0 Å². The highest BCUT2D eigenvalue weighted by Gasteiger charge is 2.18. The van der Waals surface area contributed by atoms with Crippen LogP contribution in [-0.2, 0) is 4.74 Å². The summed E-state index contributed by atoms with van der Waals surface area (Å²) in [5.41, 5.74) is 7.24. The molecule has 0 saturated heterocycles. The highest BCUT2D eigenvalue weighted by atomic mass is 16.6. The second-order valence-corrected chi connectivity index (χ2v) is 5.60. The van der Waals surface area contributed by atoms with Gasteiger partial charge in [-0.25, -0.2) is 4.79 Å². The van der Waals surface area contributed by atoms with E-state index in [1.165, 1.54) is 0 Å². The third-order valence-electron chi connectivity index (χ3n) is 2.13. The molecular weight excluding hydrogens is 228 g/mol. The van der Waals surface area contributed by atoms with E-state index < -0.39 is 5.60 Å². The van der Waals surface area contributed by atoms with Crippen LogP contribution in [0.25, 0.3) is 0 Å². The molecule has 1 aromatic carbocycles. The molecule has 18 heavy (non-hydrogen) atoms. The Morgan fingerprint density at radius 3 is 2.44 bits per heavy atom.